The third-order valence-corrected chi connectivity index (χ3v) is 2.88. The lowest BCUT2D eigenvalue weighted by atomic mass is 10.3. The van der Waals surface area contributed by atoms with Crippen LogP contribution in [0.3, 0.4) is 0 Å². The number of carbonyl (C=O) groups is 2. The zero-order chi connectivity index (χ0) is 10.6. The van der Waals surface area contributed by atoms with Crippen LogP contribution in [-0.4, -0.2) is 18.7 Å². The van der Waals surface area contributed by atoms with Crippen molar-refractivity contribution in [2.75, 3.05) is 6.54 Å². The summed E-state index contributed by atoms with van der Waals surface area (Å²) in [6.07, 6.45) is 1.09. The van der Waals surface area contributed by atoms with Crippen molar-refractivity contribution in [3.8, 4) is 0 Å². The second-order valence-corrected chi connectivity index (χ2v) is 4.61. The van der Waals surface area contributed by atoms with E-state index in [9.17, 15) is 9.59 Å². The van der Waals surface area contributed by atoms with E-state index in [4.69, 9.17) is 11.6 Å². The predicted molar refractivity (Wildman–Crippen MR) is 57.1 cm³/mol. The molecule has 14 heavy (non-hydrogen) atoms. The molecule has 0 radical (unpaired) electrons. The molecule has 0 fully saturated rings. The molecule has 76 valence electrons. The zero-order valence-corrected chi connectivity index (χ0v) is 9.24. The summed E-state index contributed by atoms with van der Waals surface area (Å²) in [7, 11) is 0. The Hall–Kier alpha value is -0.870. The molecule has 0 unspecified atom stereocenters. The zero-order valence-electron chi connectivity index (χ0n) is 7.67. The van der Waals surface area contributed by atoms with E-state index in [0.717, 1.165) is 11.2 Å². The van der Waals surface area contributed by atoms with Gasteiger partial charge in [0.1, 0.15) is 10.6 Å². The SMILES string of the molecule is Cc1cc(C(=O)NCCC=O)c(Cl)s1. The molecule has 0 aromatic carbocycles. The van der Waals surface area contributed by atoms with Crippen LogP contribution in [0.15, 0.2) is 6.07 Å². The second-order valence-electron chi connectivity index (χ2n) is 2.76. The van der Waals surface area contributed by atoms with Crippen molar-refractivity contribution in [1.29, 1.82) is 0 Å². The summed E-state index contributed by atoms with van der Waals surface area (Å²) in [6.45, 7) is 2.24. The lowest BCUT2D eigenvalue weighted by Gasteiger charge is -2.00. The summed E-state index contributed by atoms with van der Waals surface area (Å²) in [5, 5.41) is 2.61. The molecule has 0 saturated heterocycles. The van der Waals surface area contributed by atoms with Gasteiger partial charge in [0.25, 0.3) is 5.91 Å². The third kappa shape index (κ3) is 2.82. The maximum atomic E-state index is 11.4. The number of thiophene rings is 1. The molecule has 1 amide bonds. The highest BCUT2D eigenvalue weighted by molar-refractivity contribution is 7.16. The van der Waals surface area contributed by atoms with Crippen LogP contribution < -0.4 is 5.32 Å². The van der Waals surface area contributed by atoms with Crippen molar-refractivity contribution in [2.24, 2.45) is 0 Å². The van der Waals surface area contributed by atoms with Gasteiger partial charge in [0, 0.05) is 17.8 Å². The fourth-order valence-corrected chi connectivity index (χ4v) is 2.21. The van der Waals surface area contributed by atoms with Crippen LogP contribution in [0, 0.1) is 6.92 Å². The number of halogens is 1. The first-order valence-electron chi connectivity index (χ1n) is 4.13. The van der Waals surface area contributed by atoms with Crippen molar-refractivity contribution in [1.82, 2.24) is 5.32 Å². The van der Waals surface area contributed by atoms with Gasteiger partial charge in [-0.25, -0.2) is 0 Å². The molecule has 0 bridgehead atoms. The first-order valence-corrected chi connectivity index (χ1v) is 5.32. The molecule has 0 aliphatic carbocycles. The van der Waals surface area contributed by atoms with E-state index in [-0.39, 0.29) is 5.91 Å². The summed E-state index contributed by atoms with van der Waals surface area (Å²) >= 11 is 7.21. The van der Waals surface area contributed by atoms with Crippen molar-refractivity contribution in [3.05, 3.63) is 20.8 Å². The number of aldehydes is 1. The fraction of sp³-hybridized carbons (Fsp3) is 0.333. The van der Waals surface area contributed by atoms with Gasteiger partial charge in [0.05, 0.1) is 5.56 Å². The Kier molecular flexibility index (Phi) is 4.10. The highest BCUT2D eigenvalue weighted by atomic mass is 35.5. The monoisotopic (exact) mass is 231 g/mol. The smallest absolute Gasteiger partial charge is 0.253 e. The highest BCUT2D eigenvalue weighted by Crippen LogP contribution is 2.26. The lowest BCUT2D eigenvalue weighted by Crippen LogP contribution is -2.24. The number of carbonyl (C=O) groups excluding carboxylic acids is 2. The Labute approximate surface area is 91.1 Å². The van der Waals surface area contributed by atoms with Crippen LogP contribution in [0.25, 0.3) is 0 Å². The van der Waals surface area contributed by atoms with E-state index in [1.807, 2.05) is 6.92 Å². The third-order valence-electron chi connectivity index (χ3n) is 1.60. The molecule has 0 aliphatic heterocycles. The Morgan fingerprint density at radius 2 is 2.43 bits per heavy atom. The summed E-state index contributed by atoms with van der Waals surface area (Å²) in [6, 6.07) is 1.74. The molecule has 0 saturated carbocycles. The summed E-state index contributed by atoms with van der Waals surface area (Å²) < 4.78 is 0.492. The van der Waals surface area contributed by atoms with Crippen molar-refractivity contribution in [2.45, 2.75) is 13.3 Å². The number of hydrogen-bond donors (Lipinski definition) is 1. The number of nitrogens with one attached hydrogen (secondary N) is 1. The molecule has 1 aromatic heterocycles. The molecule has 3 nitrogen and oxygen atoms in total. The van der Waals surface area contributed by atoms with E-state index < -0.39 is 0 Å². The van der Waals surface area contributed by atoms with Gasteiger partial charge in [0.15, 0.2) is 0 Å². The molecule has 1 rings (SSSR count). The van der Waals surface area contributed by atoms with Gasteiger partial charge in [-0.15, -0.1) is 11.3 Å². The lowest BCUT2D eigenvalue weighted by molar-refractivity contribution is -0.107. The molecular formula is C9H10ClNO2S. The van der Waals surface area contributed by atoms with Gasteiger partial charge in [-0.2, -0.15) is 0 Å². The maximum Gasteiger partial charge on any atom is 0.253 e. The average Bonchev–Trinajstić information content (AvgIpc) is 2.45. The van der Waals surface area contributed by atoms with Gasteiger partial charge in [-0.05, 0) is 13.0 Å². The molecule has 5 heteroatoms. The average molecular weight is 232 g/mol. The molecule has 1 heterocycles. The van der Waals surface area contributed by atoms with Crippen LogP contribution in [0.4, 0.5) is 0 Å². The maximum absolute atomic E-state index is 11.4. The first kappa shape index (κ1) is 11.2. The van der Waals surface area contributed by atoms with Crippen LogP contribution in [-0.2, 0) is 4.79 Å². The van der Waals surface area contributed by atoms with E-state index in [0.29, 0.717) is 22.9 Å². The van der Waals surface area contributed by atoms with Gasteiger partial charge < -0.3 is 10.1 Å². The van der Waals surface area contributed by atoms with Gasteiger partial charge in [-0.1, -0.05) is 11.6 Å². The Morgan fingerprint density at radius 1 is 1.71 bits per heavy atom. The fourth-order valence-electron chi connectivity index (χ4n) is 0.980. The van der Waals surface area contributed by atoms with Crippen molar-refractivity contribution >= 4 is 35.1 Å². The van der Waals surface area contributed by atoms with Crippen molar-refractivity contribution in [3.63, 3.8) is 0 Å². The second kappa shape index (κ2) is 5.12. The normalized spacial score (nSPS) is 9.86. The summed E-state index contributed by atoms with van der Waals surface area (Å²) in [4.78, 5) is 22.5. The Bertz CT molecular complexity index is 349. The predicted octanol–water partition coefficient (Wildman–Crippen LogP) is 2.03. The summed E-state index contributed by atoms with van der Waals surface area (Å²) in [5.41, 5.74) is 0.486. The largest absolute Gasteiger partial charge is 0.352 e. The van der Waals surface area contributed by atoms with Crippen LogP contribution in [0.2, 0.25) is 4.34 Å². The Balaban J connectivity index is 2.60. The molecule has 1 aromatic rings. The minimum Gasteiger partial charge on any atom is -0.352 e. The minimum absolute atomic E-state index is 0.221. The van der Waals surface area contributed by atoms with Crippen LogP contribution in [0.5, 0.6) is 0 Å². The Morgan fingerprint density at radius 3 is 2.93 bits per heavy atom. The van der Waals surface area contributed by atoms with Gasteiger partial charge in [-0.3, -0.25) is 4.79 Å². The molecule has 0 aliphatic rings. The van der Waals surface area contributed by atoms with E-state index in [1.54, 1.807) is 6.07 Å². The quantitative estimate of drug-likeness (QED) is 0.637. The minimum atomic E-state index is -0.221. The van der Waals surface area contributed by atoms with Crippen LogP contribution >= 0.6 is 22.9 Å². The topological polar surface area (TPSA) is 46.2 Å². The van der Waals surface area contributed by atoms with E-state index >= 15 is 0 Å². The van der Waals surface area contributed by atoms with Crippen molar-refractivity contribution < 1.29 is 9.59 Å². The standard InChI is InChI=1S/C9H10ClNO2S/c1-6-5-7(8(10)14-6)9(13)11-3-2-4-12/h4-5H,2-3H2,1H3,(H,11,13). The number of hydrogen-bond acceptors (Lipinski definition) is 3. The molecular weight excluding hydrogens is 222 g/mol. The number of aryl methyl sites for hydroxylation is 1. The summed E-state index contributed by atoms with van der Waals surface area (Å²) in [5.74, 6) is -0.221. The molecule has 0 atom stereocenters. The number of amides is 1. The molecule has 0 spiro atoms. The molecule has 1 N–H and O–H groups in total. The van der Waals surface area contributed by atoms with E-state index in [1.165, 1.54) is 11.3 Å². The highest BCUT2D eigenvalue weighted by Gasteiger charge is 2.12. The van der Waals surface area contributed by atoms with Gasteiger partial charge in [0.2, 0.25) is 0 Å². The van der Waals surface area contributed by atoms with Gasteiger partial charge >= 0.3 is 0 Å². The number of rotatable bonds is 4. The van der Waals surface area contributed by atoms with Crippen LogP contribution in [0.1, 0.15) is 21.7 Å². The van der Waals surface area contributed by atoms with E-state index in [2.05, 4.69) is 5.32 Å². The first-order chi connectivity index (χ1) is 6.65.